The summed E-state index contributed by atoms with van der Waals surface area (Å²) in [5, 5.41) is 12.4. The standard InChI is InChI=1S/C18H28N2O3/c1-19-16(14-21)13-20-10-8-18(9-11-20,17(22)23-2)12-15-6-4-3-5-7-15/h3-7,16,19,21H,8-14H2,1-2H3. The van der Waals surface area contributed by atoms with Gasteiger partial charge in [0, 0.05) is 12.6 Å². The van der Waals surface area contributed by atoms with Crippen molar-refractivity contribution in [2.75, 3.05) is 40.4 Å². The van der Waals surface area contributed by atoms with Crippen LogP contribution in [0.1, 0.15) is 18.4 Å². The lowest BCUT2D eigenvalue weighted by Crippen LogP contribution is -2.50. The average molecular weight is 320 g/mol. The Labute approximate surface area is 138 Å². The number of hydrogen-bond donors (Lipinski definition) is 2. The number of hydrogen-bond acceptors (Lipinski definition) is 5. The number of aliphatic hydroxyl groups excluding tert-OH is 1. The molecule has 0 aliphatic carbocycles. The smallest absolute Gasteiger partial charge is 0.312 e. The van der Waals surface area contributed by atoms with E-state index in [4.69, 9.17) is 4.74 Å². The number of benzene rings is 1. The van der Waals surface area contributed by atoms with Crippen LogP contribution in [0, 0.1) is 5.41 Å². The molecular formula is C18H28N2O3. The van der Waals surface area contributed by atoms with E-state index in [2.05, 4.69) is 22.3 Å². The topological polar surface area (TPSA) is 61.8 Å². The van der Waals surface area contributed by atoms with E-state index < -0.39 is 5.41 Å². The summed E-state index contributed by atoms with van der Waals surface area (Å²) in [5.41, 5.74) is 0.746. The highest BCUT2D eigenvalue weighted by Crippen LogP contribution is 2.36. The van der Waals surface area contributed by atoms with E-state index >= 15 is 0 Å². The number of likely N-dealkylation sites (N-methyl/N-ethyl adjacent to an activating group) is 1. The number of ether oxygens (including phenoxy) is 1. The van der Waals surface area contributed by atoms with Gasteiger partial charge in [-0.2, -0.15) is 0 Å². The highest BCUT2D eigenvalue weighted by atomic mass is 16.5. The predicted molar refractivity (Wildman–Crippen MR) is 90.2 cm³/mol. The fraction of sp³-hybridized carbons (Fsp3) is 0.611. The molecule has 128 valence electrons. The van der Waals surface area contributed by atoms with Crippen molar-refractivity contribution in [3.05, 3.63) is 35.9 Å². The Morgan fingerprint density at radius 1 is 1.35 bits per heavy atom. The summed E-state index contributed by atoms with van der Waals surface area (Å²) < 4.78 is 5.11. The lowest BCUT2D eigenvalue weighted by Gasteiger charge is -2.40. The number of rotatable bonds is 7. The number of methoxy groups -OCH3 is 1. The van der Waals surface area contributed by atoms with E-state index in [1.807, 2.05) is 25.2 Å². The summed E-state index contributed by atoms with van der Waals surface area (Å²) in [6.07, 6.45) is 2.30. The number of aliphatic hydroxyl groups is 1. The zero-order valence-electron chi connectivity index (χ0n) is 14.1. The van der Waals surface area contributed by atoms with Gasteiger partial charge in [0.15, 0.2) is 0 Å². The maximum absolute atomic E-state index is 12.4. The van der Waals surface area contributed by atoms with Gasteiger partial charge in [-0.05, 0) is 45.0 Å². The van der Waals surface area contributed by atoms with Gasteiger partial charge in [-0.15, -0.1) is 0 Å². The first kappa shape index (κ1) is 17.9. The molecule has 1 atom stereocenters. The number of esters is 1. The van der Waals surface area contributed by atoms with Crippen LogP contribution in [-0.2, 0) is 16.0 Å². The maximum Gasteiger partial charge on any atom is 0.312 e. The van der Waals surface area contributed by atoms with Gasteiger partial charge in [-0.25, -0.2) is 0 Å². The monoisotopic (exact) mass is 320 g/mol. The van der Waals surface area contributed by atoms with Crippen LogP contribution in [0.25, 0.3) is 0 Å². The van der Waals surface area contributed by atoms with E-state index in [9.17, 15) is 9.90 Å². The first-order valence-corrected chi connectivity index (χ1v) is 8.26. The molecule has 2 rings (SSSR count). The molecule has 1 aliphatic heterocycles. The molecule has 0 aromatic heterocycles. The van der Waals surface area contributed by atoms with E-state index in [-0.39, 0.29) is 18.6 Å². The average Bonchev–Trinajstić information content (AvgIpc) is 2.61. The molecule has 1 unspecified atom stereocenters. The van der Waals surface area contributed by atoms with Gasteiger partial charge >= 0.3 is 5.97 Å². The van der Waals surface area contributed by atoms with Crippen molar-refractivity contribution in [2.24, 2.45) is 5.41 Å². The number of nitrogens with zero attached hydrogens (tertiary/aromatic N) is 1. The molecule has 23 heavy (non-hydrogen) atoms. The Balaban J connectivity index is 2.03. The van der Waals surface area contributed by atoms with Crippen molar-refractivity contribution in [3.63, 3.8) is 0 Å². The third-order valence-electron chi connectivity index (χ3n) is 4.92. The van der Waals surface area contributed by atoms with E-state index in [1.165, 1.54) is 12.7 Å². The van der Waals surface area contributed by atoms with Gasteiger partial charge in [0.2, 0.25) is 0 Å². The number of nitrogens with one attached hydrogen (secondary N) is 1. The second-order valence-corrected chi connectivity index (χ2v) is 6.40. The molecule has 0 spiro atoms. The maximum atomic E-state index is 12.4. The Hall–Kier alpha value is -1.43. The highest BCUT2D eigenvalue weighted by molar-refractivity contribution is 5.77. The number of carbonyl (C=O) groups excluding carboxylic acids is 1. The zero-order chi connectivity index (χ0) is 16.7. The van der Waals surface area contributed by atoms with Crippen molar-refractivity contribution in [1.82, 2.24) is 10.2 Å². The third kappa shape index (κ3) is 4.53. The lowest BCUT2D eigenvalue weighted by molar-refractivity contribution is -0.156. The molecule has 0 saturated carbocycles. The highest BCUT2D eigenvalue weighted by Gasteiger charge is 2.42. The molecule has 0 bridgehead atoms. The fourth-order valence-electron chi connectivity index (χ4n) is 3.37. The van der Waals surface area contributed by atoms with Gasteiger partial charge in [-0.3, -0.25) is 4.79 Å². The number of likely N-dealkylation sites (tertiary alicyclic amines) is 1. The molecule has 1 fully saturated rings. The van der Waals surface area contributed by atoms with E-state index in [1.54, 1.807) is 0 Å². The Morgan fingerprint density at radius 2 is 2.00 bits per heavy atom. The molecule has 0 amide bonds. The molecule has 1 aliphatic rings. The molecule has 5 nitrogen and oxygen atoms in total. The first-order valence-electron chi connectivity index (χ1n) is 8.26. The number of carbonyl (C=O) groups is 1. The van der Waals surface area contributed by atoms with Crippen molar-refractivity contribution in [1.29, 1.82) is 0 Å². The minimum absolute atomic E-state index is 0.0785. The third-order valence-corrected chi connectivity index (χ3v) is 4.92. The summed E-state index contributed by atoms with van der Waals surface area (Å²) in [6, 6.07) is 10.2. The predicted octanol–water partition coefficient (Wildman–Crippen LogP) is 1.06. The minimum atomic E-state index is -0.430. The normalized spacial score (nSPS) is 19.3. The Bertz CT molecular complexity index is 480. The second kappa shape index (κ2) is 8.43. The Kier molecular flexibility index (Phi) is 6.57. The van der Waals surface area contributed by atoms with Crippen LogP contribution >= 0.6 is 0 Å². The SMILES string of the molecule is CNC(CO)CN1CCC(Cc2ccccc2)(C(=O)OC)CC1. The lowest BCUT2D eigenvalue weighted by atomic mass is 9.73. The van der Waals surface area contributed by atoms with Crippen LogP contribution in [0.5, 0.6) is 0 Å². The van der Waals surface area contributed by atoms with Crippen LogP contribution in [0.15, 0.2) is 30.3 Å². The Morgan fingerprint density at radius 3 is 2.52 bits per heavy atom. The summed E-state index contributed by atoms with van der Waals surface area (Å²) in [6.45, 7) is 2.62. The van der Waals surface area contributed by atoms with Crippen molar-refractivity contribution < 1.29 is 14.6 Å². The molecule has 2 N–H and O–H groups in total. The fourth-order valence-corrected chi connectivity index (χ4v) is 3.37. The van der Waals surface area contributed by atoms with Crippen molar-refractivity contribution in [3.8, 4) is 0 Å². The minimum Gasteiger partial charge on any atom is -0.469 e. The van der Waals surface area contributed by atoms with Crippen LogP contribution in [0.4, 0.5) is 0 Å². The summed E-state index contributed by atoms with van der Waals surface area (Å²) >= 11 is 0. The van der Waals surface area contributed by atoms with Crippen LogP contribution in [0.3, 0.4) is 0 Å². The molecule has 0 radical (unpaired) electrons. The first-order chi connectivity index (χ1) is 11.1. The molecular weight excluding hydrogens is 292 g/mol. The van der Waals surface area contributed by atoms with Crippen LogP contribution in [0.2, 0.25) is 0 Å². The van der Waals surface area contributed by atoms with Gasteiger partial charge in [0.05, 0.1) is 19.1 Å². The quantitative estimate of drug-likeness (QED) is 0.736. The largest absolute Gasteiger partial charge is 0.469 e. The van der Waals surface area contributed by atoms with E-state index in [0.717, 1.165) is 38.9 Å². The molecule has 5 heteroatoms. The van der Waals surface area contributed by atoms with Gasteiger partial charge < -0.3 is 20.1 Å². The molecule has 1 saturated heterocycles. The summed E-state index contributed by atoms with van der Waals surface area (Å²) in [7, 11) is 3.34. The van der Waals surface area contributed by atoms with Gasteiger partial charge in [0.1, 0.15) is 0 Å². The second-order valence-electron chi connectivity index (χ2n) is 6.40. The van der Waals surface area contributed by atoms with Gasteiger partial charge in [0.25, 0.3) is 0 Å². The molecule has 1 aromatic rings. The molecule has 1 aromatic carbocycles. The van der Waals surface area contributed by atoms with Crippen molar-refractivity contribution in [2.45, 2.75) is 25.3 Å². The van der Waals surface area contributed by atoms with Crippen molar-refractivity contribution >= 4 is 5.97 Å². The number of piperidine rings is 1. The van der Waals surface area contributed by atoms with E-state index in [0.29, 0.717) is 0 Å². The zero-order valence-corrected chi connectivity index (χ0v) is 14.1. The summed E-state index contributed by atoms with van der Waals surface area (Å²) in [4.78, 5) is 14.8. The van der Waals surface area contributed by atoms with Crippen LogP contribution in [-0.4, -0.2) is 62.4 Å². The van der Waals surface area contributed by atoms with Gasteiger partial charge in [-0.1, -0.05) is 30.3 Å². The van der Waals surface area contributed by atoms with Crippen LogP contribution < -0.4 is 5.32 Å². The molecule has 1 heterocycles. The summed E-state index contributed by atoms with van der Waals surface area (Å²) in [5.74, 6) is -0.103.